The van der Waals surface area contributed by atoms with Gasteiger partial charge >= 0.3 is 0 Å². The topological polar surface area (TPSA) is 27.7 Å². The molecule has 2 aliphatic carbocycles. The fourth-order valence-corrected chi connectivity index (χ4v) is 5.73. The maximum atomic E-state index is 14.2. The monoisotopic (exact) mass is 452 g/mol. The lowest BCUT2D eigenvalue weighted by Gasteiger charge is -2.38. The molecule has 0 spiro atoms. The lowest BCUT2D eigenvalue weighted by Crippen LogP contribution is -2.27. The summed E-state index contributed by atoms with van der Waals surface area (Å²) in [5.41, 5.74) is 0. The van der Waals surface area contributed by atoms with E-state index >= 15 is 0 Å². The van der Waals surface area contributed by atoms with Gasteiger partial charge in [-0.05, 0) is 87.7 Å². The largest absolute Gasteiger partial charge is 0.491 e. The number of ether oxygens (including phenoxy) is 3. The van der Waals surface area contributed by atoms with E-state index in [1.165, 1.54) is 76.3 Å². The second-order valence-corrected chi connectivity index (χ2v) is 9.84. The van der Waals surface area contributed by atoms with E-state index in [0.29, 0.717) is 19.1 Å². The van der Waals surface area contributed by atoms with E-state index in [9.17, 15) is 8.78 Å². The van der Waals surface area contributed by atoms with Crippen molar-refractivity contribution in [2.75, 3.05) is 26.9 Å². The van der Waals surface area contributed by atoms with Crippen LogP contribution in [0.25, 0.3) is 0 Å². The second-order valence-electron chi connectivity index (χ2n) is 9.84. The van der Waals surface area contributed by atoms with Gasteiger partial charge in [-0.3, -0.25) is 0 Å². The molecule has 0 amide bonds. The lowest BCUT2D eigenvalue weighted by molar-refractivity contribution is 0.119. The number of unbranched alkanes of at least 4 members (excludes halogenated alkanes) is 2. The number of rotatable bonds is 12. The molecular formula is C27H42F2O3. The normalized spacial score (nSPS) is 26.1. The van der Waals surface area contributed by atoms with Crippen molar-refractivity contribution in [3.05, 3.63) is 23.8 Å². The van der Waals surface area contributed by atoms with E-state index in [1.807, 2.05) is 0 Å². The van der Waals surface area contributed by atoms with Crippen molar-refractivity contribution in [1.29, 1.82) is 0 Å². The first-order valence-electron chi connectivity index (χ1n) is 12.8. The maximum Gasteiger partial charge on any atom is 0.204 e. The third-order valence-corrected chi connectivity index (χ3v) is 7.70. The zero-order valence-electron chi connectivity index (χ0n) is 20.1. The molecule has 2 aliphatic rings. The van der Waals surface area contributed by atoms with Gasteiger partial charge in [0.1, 0.15) is 0 Å². The van der Waals surface area contributed by atoms with Crippen molar-refractivity contribution < 1.29 is 23.0 Å². The summed E-state index contributed by atoms with van der Waals surface area (Å²) in [7, 11) is 1.78. The molecule has 3 rings (SSSR count). The summed E-state index contributed by atoms with van der Waals surface area (Å²) >= 11 is 0. The summed E-state index contributed by atoms with van der Waals surface area (Å²) in [4.78, 5) is 0. The minimum Gasteiger partial charge on any atom is -0.491 e. The Morgan fingerprint density at radius 2 is 1.31 bits per heavy atom. The summed E-state index contributed by atoms with van der Waals surface area (Å²) in [6.07, 6.45) is 15.6. The van der Waals surface area contributed by atoms with Gasteiger partial charge in [-0.15, -0.1) is 0 Å². The van der Waals surface area contributed by atoms with Gasteiger partial charge in [0.25, 0.3) is 0 Å². The fraction of sp³-hybridized carbons (Fsp3) is 0.778. The van der Waals surface area contributed by atoms with Crippen LogP contribution in [0.4, 0.5) is 8.78 Å². The van der Waals surface area contributed by atoms with Crippen molar-refractivity contribution in [3.63, 3.8) is 0 Å². The van der Waals surface area contributed by atoms with Crippen LogP contribution in [0.1, 0.15) is 84.0 Å². The molecule has 182 valence electrons. The molecule has 0 bridgehead atoms. The Hall–Kier alpha value is -1.36. The molecule has 2 saturated carbocycles. The average molecular weight is 453 g/mol. The Bertz CT molecular complexity index is 665. The van der Waals surface area contributed by atoms with Crippen molar-refractivity contribution >= 4 is 0 Å². The Kier molecular flexibility index (Phi) is 10.6. The molecule has 0 N–H and O–H groups in total. The Morgan fingerprint density at radius 3 is 1.88 bits per heavy atom. The predicted molar refractivity (Wildman–Crippen MR) is 124 cm³/mol. The summed E-state index contributed by atoms with van der Waals surface area (Å²) in [6.45, 7) is 3.41. The molecule has 0 unspecified atom stereocenters. The fourth-order valence-electron chi connectivity index (χ4n) is 5.73. The van der Waals surface area contributed by atoms with Gasteiger partial charge < -0.3 is 14.2 Å². The minimum atomic E-state index is -0.960. The van der Waals surface area contributed by atoms with Crippen LogP contribution in [0, 0.1) is 35.3 Å². The zero-order chi connectivity index (χ0) is 22.8. The highest BCUT2D eigenvalue weighted by molar-refractivity contribution is 5.35. The van der Waals surface area contributed by atoms with Gasteiger partial charge in [0.2, 0.25) is 11.6 Å². The van der Waals surface area contributed by atoms with Crippen LogP contribution in [-0.2, 0) is 4.74 Å². The van der Waals surface area contributed by atoms with Gasteiger partial charge in [0.15, 0.2) is 11.5 Å². The molecule has 3 nitrogen and oxygen atoms in total. The third kappa shape index (κ3) is 7.33. The van der Waals surface area contributed by atoms with E-state index in [0.717, 1.165) is 37.2 Å². The Balaban J connectivity index is 1.33. The summed E-state index contributed by atoms with van der Waals surface area (Å²) < 4.78 is 44.2. The molecular weight excluding hydrogens is 410 g/mol. The molecule has 0 saturated heterocycles. The van der Waals surface area contributed by atoms with E-state index in [1.54, 1.807) is 14.0 Å². The van der Waals surface area contributed by atoms with Crippen LogP contribution in [-0.4, -0.2) is 26.9 Å². The zero-order valence-corrected chi connectivity index (χ0v) is 20.1. The first-order valence-corrected chi connectivity index (χ1v) is 12.8. The van der Waals surface area contributed by atoms with Crippen LogP contribution in [0.15, 0.2) is 12.1 Å². The van der Waals surface area contributed by atoms with Crippen LogP contribution in [0.2, 0.25) is 0 Å². The molecule has 0 radical (unpaired) electrons. The summed E-state index contributed by atoms with van der Waals surface area (Å²) in [5, 5.41) is 0. The van der Waals surface area contributed by atoms with Gasteiger partial charge in [-0.25, -0.2) is 0 Å². The molecule has 0 heterocycles. The quantitative estimate of drug-likeness (QED) is 0.306. The Morgan fingerprint density at radius 1 is 0.750 bits per heavy atom. The molecule has 32 heavy (non-hydrogen) atoms. The van der Waals surface area contributed by atoms with Crippen LogP contribution < -0.4 is 9.47 Å². The highest BCUT2D eigenvalue weighted by Crippen LogP contribution is 2.42. The molecule has 1 aromatic carbocycles. The molecule has 5 heteroatoms. The van der Waals surface area contributed by atoms with Crippen LogP contribution in [0.5, 0.6) is 11.5 Å². The van der Waals surface area contributed by atoms with Gasteiger partial charge in [0, 0.05) is 13.7 Å². The average Bonchev–Trinajstić information content (AvgIpc) is 2.82. The highest BCUT2D eigenvalue weighted by Gasteiger charge is 2.31. The molecule has 0 aliphatic heterocycles. The SMILES string of the molecule is CCOc1ccc(OCC2CCC(C3CCC(CCCCCOC)CC3)CC2)c(F)c1F. The van der Waals surface area contributed by atoms with Crippen molar-refractivity contribution in [2.45, 2.75) is 84.0 Å². The first kappa shape index (κ1) is 25.3. The maximum absolute atomic E-state index is 14.2. The van der Waals surface area contributed by atoms with E-state index in [4.69, 9.17) is 14.2 Å². The predicted octanol–water partition coefficient (Wildman–Crippen LogP) is 7.56. The smallest absolute Gasteiger partial charge is 0.204 e. The number of benzene rings is 1. The third-order valence-electron chi connectivity index (χ3n) is 7.70. The number of methoxy groups -OCH3 is 1. The second kappa shape index (κ2) is 13.4. The molecule has 0 aromatic heterocycles. The first-order chi connectivity index (χ1) is 15.6. The van der Waals surface area contributed by atoms with Gasteiger partial charge in [-0.1, -0.05) is 32.1 Å². The molecule has 2 fully saturated rings. The van der Waals surface area contributed by atoms with Gasteiger partial charge in [-0.2, -0.15) is 8.78 Å². The van der Waals surface area contributed by atoms with Gasteiger partial charge in [0.05, 0.1) is 13.2 Å². The van der Waals surface area contributed by atoms with E-state index in [2.05, 4.69) is 0 Å². The minimum absolute atomic E-state index is 0.00591. The summed E-state index contributed by atoms with van der Waals surface area (Å²) in [5.74, 6) is 1.13. The van der Waals surface area contributed by atoms with Crippen LogP contribution >= 0.6 is 0 Å². The summed E-state index contributed by atoms with van der Waals surface area (Å²) in [6, 6.07) is 2.93. The van der Waals surface area contributed by atoms with E-state index in [-0.39, 0.29) is 11.5 Å². The van der Waals surface area contributed by atoms with E-state index < -0.39 is 11.6 Å². The Labute approximate surface area is 193 Å². The van der Waals surface area contributed by atoms with Crippen molar-refractivity contribution in [2.24, 2.45) is 23.7 Å². The standard InChI is InChI=1S/C27H42F2O3/c1-3-31-24-16-17-25(27(29)26(24)28)32-19-21-10-14-23(15-11-21)22-12-8-20(9-13-22)7-5-4-6-18-30-2/h16-17,20-23H,3-15,18-19H2,1-2H3. The number of hydrogen-bond acceptors (Lipinski definition) is 3. The van der Waals surface area contributed by atoms with Crippen molar-refractivity contribution in [3.8, 4) is 11.5 Å². The molecule has 1 aromatic rings. The highest BCUT2D eigenvalue weighted by atomic mass is 19.2. The van der Waals surface area contributed by atoms with Crippen molar-refractivity contribution in [1.82, 2.24) is 0 Å². The number of hydrogen-bond donors (Lipinski definition) is 0. The molecule has 0 atom stereocenters. The van der Waals surface area contributed by atoms with Crippen LogP contribution in [0.3, 0.4) is 0 Å². The number of halogens is 2. The lowest BCUT2D eigenvalue weighted by atomic mass is 9.69.